The number of para-hydroxylation sites is 1. The molecule has 8 nitrogen and oxygen atoms in total. The molecule has 2 amide bonds. The number of fused-ring (bicyclic) bond motifs is 1. The summed E-state index contributed by atoms with van der Waals surface area (Å²) in [6.07, 6.45) is 3.61. The topological polar surface area (TPSA) is 88.2 Å². The van der Waals surface area contributed by atoms with Crippen LogP contribution in [0.25, 0.3) is 0 Å². The number of piperidine rings is 1. The van der Waals surface area contributed by atoms with Crippen molar-refractivity contribution in [2.24, 2.45) is 0 Å². The first kappa shape index (κ1) is 23.7. The minimum atomic E-state index is -0.558. The Morgan fingerprint density at radius 2 is 1.88 bits per heavy atom. The number of ketones is 1. The minimum Gasteiger partial charge on any atom is -0.482 e. The number of nitrogens with zero attached hydrogens (tertiary/aromatic N) is 2. The number of amides is 2. The summed E-state index contributed by atoms with van der Waals surface area (Å²) in [4.78, 5) is 41.3. The van der Waals surface area contributed by atoms with E-state index >= 15 is 0 Å². The van der Waals surface area contributed by atoms with Gasteiger partial charge in [0.05, 0.1) is 5.69 Å². The second kappa shape index (κ2) is 11.1. The van der Waals surface area contributed by atoms with Crippen molar-refractivity contribution in [3.63, 3.8) is 0 Å². The average Bonchev–Trinajstić information content (AvgIpc) is 2.85. The summed E-state index contributed by atoms with van der Waals surface area (Å²) in [5, 5.41) is 2.87. The SMILES string of the molecule is O=C(CN1C(=O)COc2ccc(C(=O)COc3ccccc3F)cc21)NCCN1CCCCC1. The zero-order chi connectivity index (χ0) is 23.9. The fraction of sp³-hybridized carbons (Fsp3) is 0.400. The Morgan fingerprint density at radius 3 is 2.68 bits per heavy atom. The van der Waals surface area contributed by atoms with E-state index in [0.717, 1.165) is 19.6 Å². The third-order valence-electron chi connectivity index (χ3n) is 5.92. The number of Topliss-reactive ketones (excluding diaryl/α,β-unsaturated/α-hetero) is 1. The maximum atomic E-state index is 13.7. The molecule has 2 aromatic carbocycles. The highest BCUT2D eigenvalue weighted by Gasteiger charge is 2.28. The molecule has 1 fully saturated rings. The third-order valence-corrected chi connectivity index (χ3v) is 5.92. The highest BCUT2D eigenvalue weighted by atomic mass is 19.1. The van der Waals surface area contributed by atoms with Gasteiger partial charge in [0.25, 0.3) is 5.91 Å². The number of anilines is 1. The van der Waals surface area contributed by atoms with Gasteiger partial charge in [-0.2, -0.15) is 0 Å². The van der Waals surface area contributed by atoms with E-state index < -0.39 is 11.6 Å². The van der Waals surface area contributed by atoms with E-state index in [-0.39, 0.29) is 42.9 Å². The first-order valence-electron chi connectivity index (χ1n) is 11.5. The highest BCUT2D eigenvalue weighted by Crippen LogP contribution is 2.33. The standard InChI is InChI=1S/C25H28FN3O5/c26-19-6-2-3-7-22(19)33-16-21(30)18-8-9-23-20(14-18)29(25(32)17-34-23)15-24(31)27-10-13-28-11-4-1-5-12-28/h2-3,6-9,14H,1,4-5,10-13,15-17H2,(H,27,31). The van der Waals surface area contributed by atoms with Gasteiger partial charge in [-0.1, -0.05) is 18.6 Å². The molecule has 4 rings (SSSR count). The van der Waals surface area contributed by atoms with Crippen LogP contribution in [0.2, 0.25) is 0 Å². The molecular weight excluding hydrogens is 441 g/mol. The predicted octanol–water partition coefficient (Wildman–Crippen LogP) is 2.41. The summed E-state index contributed by atoms with van der Waals surface area (Å²) in [6, 6.07) is 10.5. The molecule has 2 aromatic rings. The second-order valence-electron chi connectivity index (χ2n) is 8.35. The molecule has 1 saturated heterocycles. The summed E-state index contributed by atoms with van der Waals surface area (Å²) >= 11 is 0. The molecule has 0 aliphatic carbocycles. The van der Waals surface area contributed by atoms with Gasteiger partial charge in [0.1, 0.15) is 12.3 Å². The van der Waals surface area contributed by atoms with Crippen molar-refractivity contribution < 1.29 is 28.2 Å². The molecule has 0 unspecified atom stereocenters. The van der Waals surface area contributed by atoms with Crippen molar-refractivity contribution in [1.29, 1.82) is 0 Å². The Morgan fingerprint density at radius 1 is 1.09 bits per heavy atom. The van der Waals surface area contributed by atoms with Gasteiger partial charge in [0, 0.05) is 18.7 Å². The number of benzene rings is 2. The number of hydrogen-bond acceptors (Lipinski definition) is 6. The molecule has 2 aliphatic heterocycles. The number of nitrogens with one attached hydrogen (secondary N) is 1. The second-order valence-corrected chi connectivity index (χ2v) is 8.35. The summed E-state index contributed by atoms with van der Waals surface area (Å²) in [5.74, 6) is -1.21. The molecule has 2 heterocycles. The Bertz CT molecular complexity index is 1050. The number of halogens is 1. The van der Waals surface area contributed by atoms with E-state index in [1.807, 2.05) is 0 Å². The van der Waals surface area contributed by atoms with Crippen molar-refractivity contribution in [3.8, 4) is 11.5 Å². The number of likely N-dealkylation sites (tertiary alicyclic amines) is 1. The molecule has 9 heteroatoms. The molecule has 34 heavy (non-hydrogen) atoms. The van der Waals surface area contributed by atoms with Crippen LogP contribution in [-0.2, 0) is 9.59 Å². The molecule has 0 atom stereocenters. The fourth-order valence-electron chi connectivity index (χ4n) is 4.07. The highest BCUT2D eigenvalue weighted by molar-refractivity contribution is 6.04. The lowest BCUT2D eigenvalue weighted by Crippen LogP contribution is -2.46. The Hall–Kier alpha value is -3.46. The Balaban J connectivity index is 1.37. The van der Waals surface area contributed by atoms with Gasteiger partial charge in [-0.15, -0.1) is 0 Å². The molecular formula is C25H28FN3O5. The maximum Gasteiger partial charge on any atom is 0.265 e. The molecule has 0 aromatic heterocycles. The van der Waals surface area contributed by atoms with Gasteiger partial charge < -0.3 is 19.7 Å². The van der Waals surface area contributed by atoms with Crippen LogP contribution in [0.1, 0.15) is 29.6 Å². The van der Waals surface area contributed by atoms with Gasteiger partial charge in [-0.3, -0.25) is 19.3 Å². The van der Waals surface area contributed by atoms with Crippen LogP contribution in [0.15, 0.2) is 42.5 Å². The molecule has 0 saturated carbocycles. The monoisotopic (exact) mass is 469 g/mol. The van der Waals surface area contributed by atoms with Crippen LogP contribution in [0, 0.1) is 5.82 Å². The maximum absolute atomic E-state index is 13.7. The van der Waals surface area contributed by atoms with E-state index in [1.165, 1.54) is 48.4 Å². The van der Waals surface area contributed by atoms with Crippen LogP contribution >= 0.6 is 0 Å². The van der Waals surface area contributed by atoms with Crippen LogP contribution in [0.4, 0.5) is 10.1 Å². The van der Waals surface area contributed by atoms with Gasteiger partial charge in [-0.05, 0) is 56.3 Å². The van der Waals surface area contributed by atoms with Gasteiger partial charge in [-0.25, -0.2) is 4.39 Å². The quantitative estimate of drug-likeness (QED) is 0.568. The smallest absolute Gasteiger partial charge is 0.265 e. The fourth-order valence-corrected chi connectivity index (χ4v) is 4.07. The van der Waals surface area contributed by atoms with Crippen molar-refractivity contribution in [3.05, 3.63) is 53.8 Å². The molecule has 0 radical (unpaired) electrons. The molecule has 2 aliphatic rings. The summed E-state index contributed by atoms with van der Waals surface area (Å²) < 4.78 is 24.5. The van der Waals surface area contributed by atoms with E-state index in [1.54, 1.807) is 18.2 Å². The number of carbonyl (C=O) groups excluding carboxylic acids is 3. The van der Waals surface area contributed by atoms with E-state index in [2.05, 4.69) is 10.2 Å². The van der Waals surface area contributed by atoms with Crippen molar-refractivity contribution in [2.45, 2.75) is 19.3 Å². The largest absolute Gasteiger partial charge is 0.482 e. The first-order chi connectivity index (χ1) is 16.5. The van der Waals surface area contributed by atoms with Gasteiger partial charge >= 0.3 is 0 Å². The third kappa shape index (κ3) is 5.91. The molecule has 0 bridgehead atoms. The van der Waals surface area contributed by atoms with Crippen LogP contribution in [0.5, 0.6) is 11.5 Å². The van der Waals surface area contributed by atoms with Crippen molar-refractivity contribution >= 4 is 23.3 Å². The van der Waals surface area contributed by atoms with Gasteiger partial charge in [0.2, 0.25) is 5.91 Å². The molecule has 1 N–H and O–H groups in total. The minimum absolute atomic E-state index is 0.0184. The molecule has 0 spiro atoms. The van der Waals surface area contributed by atoms with Gasteiger partial charge in [0.15, 0.2) is 30.6 Å². The van der Waals surface area contributed by atoms with E-state index in [0.29, 0.717) is 18.0 Å². The number of rotatable bonds is 9. The summed E-state index contributed by atoms with van der Waals surface area (Å²) in [5.41, 5.74) is 0.614. The predicted molar refractivity (Wildman–Crippen MR) is 124 cm³/mol. The number of ether oxygens (including phenoxy) is 2. The lowest BCUT2D eigenvalue weighted by atomic mass is 10.1. The number of hydrogen-bond donors (Lipinski definition) is 1. The molecule has 180 valence electrons. The number of carbonyl (C=O) groups is 3. The summed E-state index contributed by atoms with van der Waals surface area (Å²) in [6.45, 7) is 2.66. The van der Waals surface area contributed by atoms with E-state index in [9.17, 15) is 18.8 Å². The first-order valence-corrected chi connectivity index (χ1v) is 11.5. The van der Waals surface area contributed by atoms with Crippen molar-refractivity contribution in [1.82, 2.24) is 10.2 Å². The Kier molecular flexibility index (Phi) is 7.74. The zero-order valence-corrected chi connectivity index (χ0v) is 18.9. The summed E-state index contributed by atoms with van der Waals surface area (Å²) in [7, 11) is 0. The van der Waals surface area contributed by atoms with Crippen LogP contribution in [-0.4, -0.2) is 68.4 Å². The Labute approximate surface area is 197 Å². The van der Waals surface area contributed by atoms with Crippen molar-refractivity contribution in [2.75, 3.05) is 50.8 Å². The van der Waals surface area contributed by atoms with E-state index in [4.69, 9.17) is 9.47 Å². The van der Waals surface area contributed by atoms with Crippen LogP contribution in [0.3, 0.4) is 0 Å². The normalized spacial score (nSPS) is 15.9. The average molecular weight is 470 g/mol. The zero-order valence-electron chi connectivity index (χ0n) is 18.9. The van der Waals surface area contributed by atoms with Crippen LogP contribution < -0.4 is 19.7 Å². The lowest BCUT2D eigenvalue weighted by molar-refractivity contribution is -0.125. The lowest BCUT2D eigenvalue weighted by Gasteiger charge is -2.29.